The van der Waals surface area contributed by atoms with E-state index in [9.17, 15) is 9.90 Å². The van der Waals surface area contributed by atoms with E-state index in [1.54, 1.807) is 18.2 Å². The molecule has 0 aliphatic heterocycles. The molecule has 0 radical (unpaired) electrons. The number of imidazole rings is 1. The average molecular weight is 471 g/mol. The molecule has 5 aromatic rings. The Hall–Kier alpha value is -3.44. The zero-order valence-electron chi connectivity index (χ0n) is 19.9. The summed E-state index contributed by atoms with van der Waals surface area (Å²) in [4.78, 5) is 21.1. The number of terminal acetylenes is 1. The van der Waals surface area contributed by atoms with E-state index < -0.39 is 5.97 Å². The molecule has 0 saturated heterocycles. The predicted octanol–water partition coefficient (Wildman–Crippen LogP) is 0.428. The van der Waals surface area contributed by atoms with Gasteiger partial charge in [0.25, 0.3) is 0 Å². The van der Waals surface area contributed by atoms with Crippen molar-refractivity contribution in [3.05, 3.63) is 82.9 Å². The van der Waals surface area contributed by atoms with Crippen LogP contribution >= 0.6 is 0 Å². The Morgan fingerprint density at radius 1 is 1.17 bits per heavy atom. The Kier molecular flexibility index (Phi) is 7.08. The second kappa shape index (κ2) is 10.0. The van der Waals surface area contributed by atoms with Crippen molar-refractivity contribution < 1.29 is 39.5 Å². The number of hydrogen-bond acceptors (Lipinski definition) is 5. The van der Waals surface area contributed by atoms with Crippen molar-refractivity contribution in [3.8, 4) is 18.0 Å². The molecule has 2 aromatic carbocycles. The summed E-state index contributed by atoms with van der Waals surface area (Å²) < 4.78 is 3.65. The summed E-state index contributed by atoms with van der Waals surface area (Å²) in [5.41, 5.74) is 5.48. The van der Waals surface area contributed by atoms with E-state index in [2.05, 4.69) is 27.5 Å². The predicted molar refractivity (Wildman–Crippen MR) is 129 cm³/mol. The van der Waals surface area contributed by atoms with E-state index in [-0.39, 0.29) is 35.1 Å². The van der Waals surface area contributed by atoms with Crippen molar-refractivity contribution in [2.75, 3.05) is 0 Å². The first-order chi connectivity index (χ1) is 16.5. The van der Waals surface area contributed by atoms with Crippen molar-refractivity contribution in [3.63, 3.8) is 0 Å². The van der Waals surface area contributed by atoms with Gasteiger partial charge in [-0.05, 0) is 54.7 Å². The molecule has 7 nitrogen and oxygen atoms in total. The minimum Gasteiger partial charge on any atom is -0.545 e. The van der Waals surface area contributed by atoms with Crippen LogP contribution in [0, 0.1) is 19.3 Å². The average Bonchev–Trinajstić information content (AvgIpc) is 3.38. The third-order valence-electron chi connectivity index (χ3n) is 5.95. The molecular weight excluding hydrogens is 449 g/mol. The summed E-state index contributed by atoms with van der Waals surface area (Å²) >= 11 is 0. The molecule has 8 heteroatoms. The number of pyridine rings is 1. The molecule has 0 saturated carbocycles. The fraction of sp³-hybridized carbons (Fsp3) is 0.185. The smallest absolute Gasteiger partial charge is 0.545 e. The van der Waals surface area contributed by atoms with Gasteiger partial charge in [0.1, 0.15) is 17.0 Å². The zero-order chi connectivity index (χ0) is 23.8. The minimum absolute atomic E-state index is 0. The summed E-state index contributed by atoms with van der Waals surface area (Å²) in [7, 11) is 0. The summed E-state index contributed by atoms with van der Waals surface area (Å²) in [6.07, 6.45) is 9.51. The van der Waals surface area contributed by atoms with Gasteiger partial charge in [-0.3, -0.25) is 0 Å². The Morgan fingerprint density at radius 2 is 1.97 bits per heavy atom. The molecular formula is C27H22N5NaO2. The minimum atomic E-state index is -1.28. The fourth-order valence-electron chi connectivity index (χ4n) is 4.32. The third-order valence-corrected chi connectivity index (χ3v) is 5.95. The van der Waals surface area contributed by atoms with Crippen molar-refractivity contribution in [2.45, 2.75) is 33.2 Å². The summed E-state index contributed by atoms with van der Waals surface area (Å²) in [6.45, 7) is 4.76. The molecule has 0 aliphatic rings. The van der Waals surface area contributed by atoms with Crippen molar-refractivity contribution in [1.82, 2.24) is 24.3 Å². The van der Waals surface area contributed by atoms with E-state index in [1.807, 2.05) is 37.4 Å². The molecule has 0 N–H and O–H groups in total. The second-order valence-corrected chi connectivity index (χ2v) is 8.23. The number of aromatic carboxylic acids is 1. The number of benzene rings is 2. The zero-order valence-corrected chi connectivity index (χ0v) is 21.9. The number of aryl methyl sites for hydroxylation is 2. The SMILES string of the molecule is C#Cc1c2cc(Cn3c(CCC)nc4c(C)ccnc43)ccc2nn1-c1ccccc1C(=O)[O-].[Na+]. The number of carbonyl (C=O) groups excluding carboxylic acids is 1. The molecule has 0 unspecified atom stereocenters. The first kappa shape index (κ1) is 24.7. The van der Waals surface area contributed by atoms with Gasteiger partial charge in [-0.15, -0.1) is 6.42 Å². The maximum atomic E-state index is 11.6. The van der Waals surface area contributed by atoms with Crippen molar-refractivity contribution in [1.29, 1.82) is 0 Å². The summed E-state index contributed by atoms with van der Waals surface area (Å²) in [5.74, 6) is 2.41. The number of hydrogen-bond donors (Lipinski definition) is 0. The number of fused-ring (bicyclic) bond motifs is 2. The molecule has 0 aliphatic carbocycles. The molecule has 35 heavy (non-hydrogen) atoms. The van der Waals surface area contributed by atoms with Gasteiger partial charge in [-0.25, -0.2) is 14.6 Å². The van der Waals surface area contributed by atoms with Gasteiger partial charge in [-0.1, -0.05) is 31.2 Å². The standard InChI is InChI=1S/C27H23N5O2.Na/c1-4-8-24-29-25-17(3)13-14-28-26(25)31(24)16-18-11-12-21-20(15-18)22(5-2)32(30-21)23-10-7-6-9-19(23)27(33)34;/h2,6-7,9-15H,4,8,16H2,1,3H3,(H,33,34);/q;+1/p-1. The first-order valence-electron chi connectivity index (χ1n) is 11.1. The molecule has 5 rings (SSSR count). The van der Waals surface area contributed by atoms with Gasteiger partial charge in [0.05, 0.1) is 23.7 Å². The molecule has 0 amide bonds. The number of carboxylic acids is 1. The maximum Gasteiger partial charge on any atom is 1.00 e. The summed E-state index contributed by atoms with van der Waals surface area (Å²) in [5, 5.41) is 17.0. The van der Waals surface area contributed by atoms with E-state index in [4.69, 9.17) is 11.4 Å². The van der Waals surface area contributed by atoms with Crippen LogP contribution in [0.4, 0.5) is 0 Å². The van der Waals surface area contributed by atoms with E-state index in [0.717, 1.165) is 46.3 Å². The molecule has 0 atom stereocenters. The first-order valence-corrected chi connectivity index (χ1v) is 11.1. The largest absolute Gasteiger partial charge is 1.00 e. The van der Waals surface area contributed by atoms with Gasteiger partial charge < -0.3 is 14.5 Å². The molecule has 3 aromatic heterocycles. The number of carbonyl (C=O) groups is 1. The van der Waals surface area contributed by atoms with Crippen LogP contribution in [-0.2, 0) is 13.0 Å². The van der Waals surface area contributed by atoms with Gasteiger partial charge in [0, 0.05) is 23.6 Å². The Bertz CT molecular complexity index is 1610. The van der Waals surface area contributed by atoms with Crippen LogP contribution in [0.25, 0.3) is 27.8 Å². The number of aromatic nitrogens is 5. The maximum absolute atomic E-state index is 11.6. The molecule has 168 valence electrons. The quantitative estimate of drug-likeness (QED) is 0.265. The topological polar surface area (TPSA) is 88.7 Å². The molecule has 0 fully saturated rings. The van der Waals surface area contributed by atoms with Gasteiger partial charge in [0.15, 0.2) is 5.65 Å². The number of rotatable bonds is 6. The van der Waals surface area contributed by atoms with Crippen LogP contribution in [-0.4, -0.2) is 30.3 Å². The van der Waals surface area contributed by atoms with Gasteiger partial charge >= 0.3 is 29.6 Å². The monoisotopic (exact) mass is 471 g/mol. The number of carboxylic acid groups (broad SMARTS) is 1. The summed E-state index contributed by atoms with van der Waals surface area (Å²) in [6, 6.07) is 14.4. The van der Waals surface area contributed by atoms with Crippen LogP contribution in [0.2, 0.25) is 0 Å². The second-order valence-electron chi connectivity index (χ2n) is 8.23. The van der Waals surface area contributed by atoms with Gasteiger partial charge in [0.2, 0.25) is 0 Å². The Morgan fingerprint density at radius 3 is 2.71 bits per heavy atom. The Balaban J connectivity index is 0.00000289. The van der Waals surface area contributed by atoms with E-state index in [0.29, 0.717) is 23.4 Å². The number of nitrogens with zero attached hydrogens (tertiary/aromatic N) is 5. The van der Waals surface area contributed by atoms with Crippen molar-refractivity contribution >= 4 is 28.0 Å². The normalized spacial score (nSPS) is 10.9. The van der Waals surface area contributed by atoms with Crippen LogP contribution in [0.15, 0.2) is 54.7 Å². The van der Waals surface area contributed by atoms with Gasteiger partial charge in [-0.2, -0.15) is 5.10 Å². The Labute approximate surface area is 225 Å². The third kappa shape index (κ3) is 4.37. The number of para-hydroxylation sites is 1. The van der Waals surface area contributed by atoms with E-state index in [1.165, 1.54) is 10.7 Å². The van der Waals surface area contributed by atoms with Crippen molar-refractivity contribution in [2.24, 2.45) is 0 Å². The molecule has 3 heterocycles. The van der Waals surface area contributed by atoms with E-state index >= 15 is 0 Å². The van der Waals surface area contributed by atoms with Crippen LogP contribution < -0.4 is 34.7 Å². The van der Waals surface area contributed by atoms with Crippen LogP contribution in [0.1, 0.15) is 46.3 Å². The van der Waals surface area contributed by atoms with Crippen LogP contribution in [0.5, 0.6) is 0 Å². The molecule has 0 bridgehead atoms. The molecule has 0 spiro atoms. The van der Waals surface area contributed by atoms with Crippen LogP contribution in [0.3, 0.4) is 0 Å². The fourth-order valence-corrected chi connectivity index (χ4v) is 4.32.